The van der Waals surface area contributed by atoms with Gasteiger partial charge < -0.3 is 9.51 Å². The first-order valence-corrected chi connectivity index (χ1v) is 12.0. The minimum Gasteiger partial charge on any atom is -0.339 e. The van der Waals surface area contributed by atoms with Crippen molar-refractivity contribution in [3.63, 3.8) is 0 Å². The van der Waals surface area contributed by atoms with E-state index in [1.807, 2.05) is 17.5 Å². The largest absolute Gasteiger partial charge is 0.339 e. The van der Waals surface area contributed by atoms with Gasteiger partial charge in [-0.05, 0) is 33.8 Å². The average molecular weight is 519 g/mol. The third kappa shape index (κ3) is 4.65. The number of thiophene rings is 1. The van der Waals surface area contributed by atoms with Crippen molar-refractivity contribution < 1.29 is 4.52 Å². The van der Waals surface area contributed by atoms with Crippen LogP contribution in [0.2, 0.25) is 0 Å². The van der Waals surface area contributed by atoms with Crippen molar-refractivity contribution in [2.75, 3.05) is 0 Å². The number of aromatic nitrogens is 6. The maximum absolute atomic E-state index is 13.0. The Hall–Kier alpha value is -2.86. The predicted molar refractivity (Wildman–Crippen MR) is 124 cm³/mol. The van der Waals surface area contributed by atoms with Crippen LogP contribution in [0.15, 0.2) is 31.6 Å². The highest BCUT2D eigenvalue weighted by Crippen LogP contribution is 2.14. The molecule has 0 spiro atoms. The SMILES string of the molecule is CCCCCn1c(=N)n(C(=N)CCc2nc(Cc3cccs3)no2)c(=O)c2[nH]c(Br)nc21. The molecule has 32 heavy (non-hydrogen) atoms. The van der Waals surface area contributed by atoms with Crippen LogP contribution in [0.25, 0.3) is 11.2 Å². The van der Waals surface area contributed by atoms with E-state index in [0.717, 1.165) is 28.7 Å². The van der Waals surface area contributed by atoms with Crippen molar-refractivity contribution in [1.82, 2.24) is 29.2 Å². The molecule has 0 unspecified atom stereocenters. The smallest absolute Gasteiger partial charge is 0.286 e. The van der Waals surface area contributed by atoms with Gasteiger partial charge in [-0.25, -0.2) is 9.55 Å². The first-order valence-electron chi connectivity index (χ1n) is 10.3. The number of fused-ring (bicyclic) bond motifs is 1. The Bertz CT molecular complexity index is 1350. The Balaban J connectivity index is 1.56. The first kappa shape index (κ1) is 22.3. The lowest BCUT2D eigenvalue weighted by molar-refractivity contribution is 0.375. The minimum absolute atomic E-state index is 0.00475. The van der Waals surface area contributed by atoms with Crippen molar-refractivity contribution in [3.8, 4) is 0 Å². The Kier molecular flexibility index (Phi) is 6.80. The van der Waals surface area contributed by atoms with Crippen LogP contribution in [-0.2, 0) is 19.4 Å². The second-order valence-corrected chi connectivity index (χ2v) is 9.14. The van der Waals surface area contributed by atoms with Gasteiger partial charge in [-0.1, -0.05) is 31.0 Å². The summed E-state index contributed by atoms with van der Waals surface area (Å²) < 4.78 is 8.51. The highest BCUT2D eigenvalue weighted by atomic mass is 79.9. The van der Waals surface area contributed by atoms with Gasteiger partial charge in [0.25, 0.3) is 5.56 Å². The zero-order valence-corrected chi connectivity index (χ0v) is 19.9. The van der Waals surface area contributed by atoms with E-state index in [4.69, 9.17) is 15.3 Å². The van der Waals surface area contributed by atoms with E-state index < -0.39 is 5.56 Å². The fourth-order valence-electron chi connectivity index (χ4n) is 3.46. The molecule has 0 atom stereocenters. The molecule has 4 aromatic heterocycles. The van der Waals surface area contributed by atoms with Gasteiger partial charge in [0.2, 0.25) is 11.5 Å². The molecule has 0 saturated carbocycles. The average Bonchev–Trinajstić information content (AvgIpc) is 3.51. The molecular weight excluding hydrogens is 496 g/mol. The minimum atomic E-state index is -0.469. The predicted octanol–water partition coefficient (Wildman–Crippen LogP) is 3.45. The molecule has 0 fully saturated rings. The molecule has 0 bridgehead atoms. The van der Waals surface area contributed by atoms with Crippen molar-refractivity contribution >= 4 is 44.3 Å². The van der Waals surface area contributed by atoms with Crippen LogP contribution in [-0.4, -0.2) is 35.1 Å². The van der Waals surface area contributed by atoms with Gasteiger partial charge in [0.1, 0.15) is 5.84 Å². The quantitative estimate of drug-likeness (QED) is 0.134. The number of hydrogen-bond donors (Lipinski definition) is 3. The molecule has 4 heterocycles. The summed E-state index contributed by atoms with van der Waals surface area (Å²) in [6.45, 7) is 2.65. The van der Waals surface area contributed by atoms with E-state index in [0.29, 0.717) is 41.5 Å². The number of halogens is 1. The molecule has 0 radical (unpaired) electrons. The normalized spacial score (nSPS) is 11.4. The Morgan fingerprint density at radius 3 is 2.94 bits per heavy atom. The molecule has 3 N–H and O–H groups in total. The van der Waals surface area contributed by atoms with Gasteiger partial charge >= 0.3 is 0 Å². The summed E-state index contributed by atoms with van der Waals surface area (Å²) in [7, 11) is 0. The molecule has 4 aromatic rings. The van der Waals surface area contributed by atoms with Crippen LogP contribution in [0.4, 0.5) is 0 Å². The fourth-order valence-corrected chi connectivity index (χ4v) is 4.53. The topological polar surface area (TPSA) is 142 Å². The van der Waals surface area contributed by atoms with Gasteiger partial charge in [-0.3, -0.25) is 20.2 Å². The zero-order chi connectivity index (χ0) is 22.7. The molecule has 0 aliphatic rings. The Labute approximate surface area is 195 Å². The summed E-state index contributed by atoms with van der Waals surface area (Å²) in [6.07, 6.45) is 3.98. The Morgan fingerprint density at radius 2 is 2.19 bits per heavy atom. The third-order valence-electron chi connectivity index (χ3n) is 5.05. The highest BCUT2D eigenvalue weighted by molar-refractivity contribution is 9.10. The van der Waals surface area contributed by atoms with Crippen LogP contribution < -0.4 is 11.2 Å². The van der Waals surface area contributed by atoms with Gasteiger partial charge in [0.05, 0.1) is 0 Å². The molecule has 4 rings (SSSR count). The fraction of sp³-hybridized carbons (Fsp3) is 0.400. The number of aromatic amines is 1. The van der Waals surface area contributed by atoms with E-state index in [-0.39, 0.29) is 23.4 Å². The highest BCUT2D eigenvalue weighted by Gasteiger charge is 2.18. The second-order valence-electron chi connectivity index (χ2n) is 7.36. The van der Waals surface area contributed by atoms with E-state index in [1.165, 1.54) is 0 Å². The molecule has 0 saturated heterocycles. The van der Waals surface area contributed by atoms with Crippen molar-refractivity contribution in [2.45, 2.75) is 52.0 Å². The molecule has 0 aliphatic carbocycles. The number of imidazole rings is 1. The first-order chi connectivity index (χ1) is 15.5. The molecule has 168 valence electrons. The second kappa shape index (κ2) is 9.74. The van der Waals surface area contributed by atoms with Crippen LogP contribution in [0.5, 0.6) is 0 Å². The van der Waals surface area contributed by atoms with Gasteiger partial charge in [-0.2, -0.15) is 4.98 Å². The molecule has 0 aliphatic heterocycles. The molecule has 10 nitrogen and oxygen atoms in total. The Morgan fingerprint density at radius 1 is 1.34 bits per heavy atom. The number of aryl methyl sites for hydroxylation is 2. The summed E-state index contributed by atoms with van der Waals surface area (Å²) >= 11 is 4.90. The number of H-pyrrole nitrogens is 1. The summed E-state index contributed by atoms with van der Waals surface area (Å²) in [5.41, 5.74) is 0.155. The van der Waals surface area contributed by atoms with Gasteiger partial charge in [-0.15, -0.1) is 11.3 Å². The van der Waals surface area contributed by atoms with Crippen LogP contribution in [0.1, 0.15) is 49.2 Å². The maximum atomic E-state index is 13.0. The number of rotatable bonds is 9. The van der Waals surface area contributed by atoms with E-state index in [9.17, 15) is 4.79 Å². The summed E-state index contributed by atoms with van der Waals surface area (Å²) in [5, 5.41) is 23.1. The van der Waals surface area contributed by atoms with E-state index in [2.05, 4.69) is 43.0 Å². The molecule has 0 amide bonds. The van der Waals surface area contributed by atoms with Crippen molar-refractivity contribution in [2.24, 2.45) is 0 Å². The number of hydrogen-bond acceptors (Lipinski definition) is 8. The molecule has 0 aromatic carbocycles. The zero-order valence-electron chi connectivity index (χ0n) is 17.5. The lowest BCUT2D eigenvalue weighted by Gasteiger charge is -2.13. The van der Waals surface area contributed by atoms with Gasteiger partial charge in [0.15, 0.2) is 21.7 Å². The van der Waals surface area contributed by atoms with Crippen LogP contribution in [0, 0.1) is 10.8 Å². The van der Waals surface area contributed by atoms with E-state index in [1.54, 1.807) is 15.9 Å². The van der Waals surface area contributed by atoms with Crippen LogP contribution in [0.3, 0.4) is 0 Å². The molecular formula is C20H23BrN8O2S. The lowest BCUT2D eigenvalue weighted by Crippen LogP contribution is -2.44. The van der Waals surface area contributed by atoms with E-state index >= 15 is 0 Å². The lowest BCUT2D eigenvalue weighted by atomic mass is 10.2. The number of nitrogens with zero attached hydrogens (tertiary/aromatic N) is 5. The van der Waals surface area contributed by atoms with Crippen molar-refractivity contribution in [1.29, 1.82) is 10.8 Å². The summed E-state index contributed by atoms with van der Waals surface area (Å²) in [5.74, 6) is 0.988. The number of nitrogens with one attached hydrogen (secondary N) is 3. The third-order valence-corrected chi connectivity index (χ3v) is 6.30. The summed E-state index contributed by atoms with van der Waals surface area (Å²) in [6, 6.07) is 3.99. The number of unbranched alkanes of at least 4 members (excludes halogenated alkanes) is 2. The van der Waals surface area contributed by atoms with Crippen LogP contribution >= 0.6 is 27.3 Å². The van der Waals surface area contributed by atoms with Gasteiger partial charge in [0, 0.05) is 30.7 Å². The standard InChI is InChI=1S/C20H23BrN8O2S/c1-2-3-4-9-28-17-16(25-19(21)26-17)18(30)29(20(28)23)13(22)7-8-15-24-14(27-31-15)11-12-6-5-10-32-12/h5-6,10,22-23H,2-4,7-9,11H2,1H3,(H,25,26). The van der Waals surface area contributed by atoms with Crippen molar-refractivity contribution in [3.05, 3.63) is 54.8 Å². The monoisotopic (exact) mass is 518 g/mol. The maximum Gasteiger partial charge on any atom is 0.286 e. The molecule has 12 heteroatoms. The summed E-state index contributed by atoms with van der Waals surface area (Å²) in [4.78, 5) is 25.8.